The molecule has 0 aliphatic heterocycles. The third-order valence-electron chi connectivity index (χ3n) is 4.42. The van der Waals surface area contributed by atoms with Gasteiger partial charge >= 0.3 is 0 Å². The van der Waals surface area contributed by atoms with Crippen molar-refractivity contribution in [3.05, 3.63) is 75.3 Å². The van der Waals surface area contributed by atoms with Gasteiger partial charge < -0.3 is 5.32 Å². The quantitative estimate of drug-likeness (QED) is 0.250. The number of hydrogen-bond donors (Lipinski definition) is 3. The first kappa shape index (κ1) is 21.8. The molecule has 8 nitrogen and oxygen atoms in total. The highest BCUT2D eigenvalue weighted by Crippen LogP contribution is 2.32. The number of aromatic amines is 1. The Bertz CT molecular complexity index is 1350. The Morgan fingerprint density at radius 2 is 2.09 bits per heavy atom. The number of carbonyl (C=O) groups excluding carboxylic acids is 2. The van der Waals surface area contributed by atoms with Crippen LogP contribution in [0.25, 0.3) is 10.7 Å². The zero-order valence-electron chi connectivity index (χ0n) is 16.9. The number of aryl methyl sites for hydroxylation is 1. The second kappa shape index (κ2) is 9.39. The van der Waals surface area contributed by atoms with Crippen LogP contribution in [0.4, 0.5) is 10.8 Å². The molecule has 11 heteroatoms. The smallest absolute Gasteiger partial charge is 0.265 e. The van der Waals surface area contributed by atoms with Crippen LogP contribution in [0.2, 0.25) is 0 Å². The summed E-state index contributed by atoms with van der Waals surface area (Å²) in [6, 6.07) is 10.3. The van der Waals surface area contributed by atoms with E-state index in [1.807, 2.05) is 22.9 Å². The minimum atomic E-state index is -0.331. The fourth-order valence-electron chi connectivity index (χ4n) is 2.95. The van der Waals surface area contributed by atoms with Crippen LogP contribution in [0.3, 0.4) is 0 Å². The van der Waals surface area contributed by atoms with Crippen molar-refractivity contribution >= 4 is 57.5 Å². The summed E-state index contributed by atoms with van der Waals surface area (Å²) >= 11 is 7.93. The zero-order chi connectivity index (χ0) is 22.7. The normalized spacial score (nSPS) is 10.7. The SMILES string of the molecule is C=CCn1c(-c2sc(NC(=O)c3cccc(NC(=O)c4cccs4)c3)nc2C)n[nH]c1=S. The molecule has 1 aromatic carbocycles. The maximum absolute atomic E-state index is 12.8. The van der Waals surface area contributed by atoms with E-state index in [4.69, 9.17) is 12.2 Å². The summed E-state index contributed by atoms with van der Waals surface area (Å²) in [5.74, 6) is 0.0943. The van der Waals surface area contributed by atoms with E-state index in [0.717, 1.165) is 10.6 Å². The molecule has 4 rings (SSSR count). The van der Waals surface area contributed by atoms with E-state index in [0.29, 0.717) is 38.4 Å². The Morgan fingerprint density at radius 3 is 2.84 bits per heavy atom. The number of aromatic nitrogens is 4. The lowest BCUT2D eigenvalue weighted by Crippen LogP contribution is -2.14. The van der Waals surface area contributed by atoms with E-state index in [1.54, 1.807) is 36.4 Å². The highest BCUT2D eigenvalue weighted by molar-refractivity contribution is 7.71. The molecule has 0 saturated heterocycles. The number of nitrogens with zero attached hydrogens (tertiary/aromatic N) is 3. The molecule has 0 spiro atoms. The van der Waals surface area contributed by atoms with Crippen molar-refractivity contribution in [3.63, 3.8) is 0 Å². The maximum atomic E-state index is 12.8. The molecule has 3 N–H and O–H groups in total. The van der Waals surface area contributed by atoms with Gasteiger partial charge in [0.1, 0.15) is 0 Å². The molecule has 0 aliphatic carbocycles. The van der Waals surface area contributed by atoms with Crippen LogP contribution in [-0.4, -0.2) is 31.6 Å². The van der Waals surface area contributed by atoms with E-state index in [2.05, 4.69) is 32.4 Å². The summed E-state index contributed by atoms with van der Waals surface area (Å²) in [5.41, 5.74) is 1.66. The number of amides is 2. The van der Waals surface area contributed by atoms with Gasteiger partial charge in [0, 0.05) is 17.8 Å². The number of anilines is 2. The largest absolute Gasteiger partial charge is 0.321 e. The molecular formula is C21H18N6O2S3. The van der Waals surface area contributed by atoms with Crippen molar-refractivity contribution in [2.75, 3.05) is 10.6 Å². The first-order chi connectivity index (χ1) is 15.5. The van der Waals surface area contributed by atoms with Crippen LogP contribution < -0.4 is 10.6 Å². The highest BCUT2D eigenvalue weighted by Gasteiger charge is 2.18. The predicted octanol–water partition coefficient (Wildman–Crippen LogP) is 5.12. The van der Waals surface area contributed by atoms with Gasteiger partial charge in [-0.25, -0.2) is 4.98 Å². The first-order valence-electron chi connectivity index (χ1n) is 9.46. The summed E-state index contributed by atoms with van der Waals surface area (Å²) in [5, 5.41) is 15.0. The molecule has 0 aliphatic rings. The number of allylic oxidation sites excluding steroid dienone is 1. The Hall–Kier alpha value is -3.41. The minimum Gasteiger partial charge on any atom is -0.321 e. The van der Waals surface area contributed by atoms with E-state index < -0.39 is 0 Å². The van der Waals surface area contributed by atoms with Gasteiger partial charge in [0.05, 0.1) is 15.4 Å². The van der Waals surface area contributed by atoms with Crippen molar-refractivity contribution in [3.8, 4) is 10.7 Å². The lowest BCUT2D eigenvalue weighted by atomic mass is 10.2. The molecule has 0 unspecified atom stereocenters. The van der Waals surface area contributed by atoms with Crippen LogP contribution in [-0.2, 0) is 6.54 Å². The lowest BCUT2D eigenvalue weighted by molar-refractivity contribution is 0.101. The van der Waals surface area contributed by atoms with Crippen LogP contribution in [0.1, 0.15) is 25.7 Å². The zero-order valence-corrected chi connectivity index (χ0v) is 19.4. The van der Waals surface area contributed by atoms with Crippen molar-refractivity contribution in [1.29, 1.82) is 0 Å². The molecule has 0 bridgehead atoms. The third kappa shape index (κ3) is 4.59. The van der Waals surface area contributed by atoms with Gasteiger partial charge in [0.15, 0.2) is 15.7 Å². The monoisotopic (exact) mass is 482 g/mol. The Kier molecular flexibility index (Phi) is 6.40. The molecule has 3 heterocycles. The first-order valence-corrected chi connectivity index (χ1v) is 11.6. The molecule has 162 valence electrons. The fourth-order valence-corrected chi connectivity index (χ4v) is 4.74. The topological polar surface area (TPSA) is 105 Å². The fraction of sp³-hybridized carbons (Fsp3) is 0.0952. The van der Waals surface area contributed by atoms with Gasteiger partial charge in [-0.1, -0.05) is 29.5 Å². The van der Waals surface area contributed by atoms with Crippen LogP contribution in [0.5, 0.6) is 0 Å². The molecule has 4 aromatic rings. The van der Waals surface area contributed by atoms with Crippen LogP contribution in [0, 0.1) is 11.7 Å². The van der Waals surface area contributed by atoms with Crippen LogP contribution >= 0.6 is 34.9 Å². The predicted molar refractivity (Wildman–Crippen MR) is 130 cm³/mol. The molecule has 2 amide bonds. The third-order valence-corrected chi connectivity index (χ3v) is 6.67. The number of thiophene rings is 1. The summed E-state index contributed by atoms with van der Waals surface area (Å²) in [4.78, 5) is 30.9. The summed E-state index contributed by atoms with van der Waals surface area (Å²) in [6.07, 6.45) is 1.73. The highest BCUT2D eigenvalue weighted by atomic mass is 32.1. The van der Waals surface area contributed by atoms with Gasteiger partial charge in [-0.2, -0.15) is 5.10 Å². The summed E-state index contributed by atoms with van der Waals surface area (Å²) < 4.78 is 2.30. The second-order valence-corrected chi connectivity index (χ2v) is 8.99. The summed E-state index contributed by atoms with van der Waals surface area (Å²) in [6.45, 7) is 6.10. The molecular weight excluding hydrogens is 464 g/mol. The minimum absolute atomic E-state index is 0.217. The van der Waals surface area contributed by atoms with Crippen molar-refractivity contribution in [2.45, 2.75) is 13.5 Å². The average molecular weight is 483 g/mol. The molecule has 0 saturated carbocycles. The van der Waals surface area contributed by atoms with E-state index in [1.165, 1.54) is 22.7 Å². The number of hydrogen-bond acceptors (Lipinski definition) is 7. The lowest BCUT2D eigenvalue weighted by Gasteiger charge is -2.06. The molecule has 32 heavy (non-hydrogen) atoms. The second-order valence-electron chi connectivity index (χ2n) is 6.65. The molecule has 3 aromatic heterocycles. The van der Waals surface area contributed by atoms with Crippen molar-refractivity contribution in [2.24, 2.45) is 0 Å². The van der Waals surface area contributed by atoms with Gasteiger partial charge in [-0.3, -0.25) is 24.6 Å². The maximum Gasteiger partial charge on any atom is 0.265 e. The average Bonchev–Trinajstić information content (AvgIpc) is 3.50. The van der Waals surface area contributed by atoms with Crippen molar-refractivity contribution < 1.29 is 9.59 Å². The molecule has 0 fully saturated rings. The van der Waals surface area contributed by atoms with E-state index >= 15 is 0 Å². The van der Waals surface area contributed by atoms with Gasteiger partial charge in [0.25, 0.3) is 11.8 Å². The van der Waals surface area contributed by atoms with Crippen LogP contribution in [0.15, 0.2) is 54.4 Å². The van der Waals surface area contributed by atoms with Gasteiger partial charge in [0.2, 0.25) is 0 Å². The Labute approximate surface area is 196 Å². The van der Waals surface area contributed by atoms with Gasteiger partial charge in [-0.05, 0) is 48.8 Å². The number of rotatable bonds is 7. The standard InChI is InChI=1S/C21H18N6O2S3/c1-3-9-27-17(25-26-21(27)30)16-12(2)22-20(32-16)24-18(28)13-6-4-7-14(11-13)23-19(29)15-8-5-10-31-15/h3-8,10-11H,1,9H2,2H3,(H,23,29)(H,26,30)(H,22,24,28). The number of H-pyrrole nitrogens is 1. The Balaban J connectivity index is 1.52. The number of benzene rings is 1. The molecule has 0 radical (unpaired) electrons. The number of nitrogens with one attached hydrogen (secondary N) is 3. The number of carbonyl (C=O) groups is 2. The van der Waals surface area contributed by atoms with E-state index in [-0.39, 0.29) is 11.8 Å². The molecule has 0 atom stereocenters. The Morgan fingerprint density at radius 1 is 1.25 bits per heavy atom. The van der Waals surface area contributed by atoms with Crippen molar-refractivity contribution in [1.82, 2.24) is 19.7 Å². The number of thiazole rings is 1. The van der Waals surface area contributed by atoms with Gasteiger partial charge in [-0.15, -0.1) is 17.9 Å². The summed E-state index contributed by atoms with van der Waals surface area (Å²) in [7, 11) is 0. The van der Waals surface area contributed by atoms with E-state index in [9.17, 15) is 9.59 Å².